The van der Waals surface area contributed by atoms with Crippen LogP contribution in [-0.4, -0.2) is 42.0 Å². The van der Waals surface area contributed by atoms with Crippen molar-refractivity contribution in [3.05, 3.63) is 18.2 Å². The van der Waals surface area contributed by atoms with Crippen molar-refractivity contribution < 1.29 is 17.9 Å². The highest BCUT2D eigenvalue weighted by Gasteiger charge is 2.19. The van der Waals surface area contributed by atoms with E-state index in [2.05, 4.69) is 5.32 Å². The van der Waals surface area contributed by atoms with E-state index in [1.165, 1.54) is 20.3 Å². The number of ether oxygens (including phenoxy) is 2. The summed E-state index contributed by atoms with van der Waals surface area (Å²) in [6, 6.07) is 4.67. The van der Waals surface area contributed by atoms with Gasteiger partial charge in [0.15, 0.2) is 9.84 Å². The van der Waals surface area contributed by atoms with Crippen LogP contribution >= 0.6 is 0 Å². The Morgan fingerprint density at radius 2 is 1.94 bits per heavy atom. The lowest BCUT2D eigenvalue weighted by atomic mass is 10.3. The smallest absolute Gasteiger partial charge is 0.183 e. The third-order valence-corrected chi connectivity index (χ3v) is 4.08. The Morgan fingerprint density at radius 3 is 2.47 bits per heavy atom. The molecule has 0 amide bonds. The number of methoxy groups -OCH3 is 2. The van der Waals surface area contributed by atoms with Crippen LogP contribution in [0.25, 0.3) is 0 Å². The van der Waals surface area contributed by atoms with E-state index in [1.807, 2.05) is 0 Å². The molecule has 0 bridgehead atoms. The molecule has 0 aliphatic carbocycles. The van der Waals surface area contributed by atoms with Crippen molar-refractivity contribution in [3.8, 4) is 11.5 Å². The minimum atomic E-state index is -3.33. The Balaban J connectivity index is 3.12. The summed E-state index contributed by atoms with van der Waals surface area (Å²) in [5.41, 5.74) is 0. The molecule has 0 aliphatic rings. The van der Waals surface area contributed by atoms with E-state index in [4.69, 9.17) is 9.47 Å². The van der Waals surface area contributed by atoms with Gasteiger partial charge in [-0.15, -0.1) is 0 Å². The average Bonchev–Trinajstić information content (AvgIpc) is 2.35. The number of rotatable bonds is 6. The van der Waals surface area contributed by atoms with E-state index >= 15 is 0 Å². The molecular formula is C11H17NO4S. The van der Waals surface area contributed by atoms with Crippen molar-refractivity contribution in [2.45, 2.75) is 4.90 Å². The molecule has 0 radical (unpaired) electrons. The summed E-state index contributed by atoms with van der Waals surface area (Å²) in [6.45, 7) is 0.400. The van der Waals surface area contributed by atoms with Crippen molar-refractivity contribution >= 4 is 9.84 Å². The Hall–Kier alpha value is -1.27. The standard InChI is InChI=1S/C11H17NO4S/c1-12-6-7-17(13,14)11-5-4-9(15-2)8-10(11)16-3/h4-5,8,12H,6-7H2,1-3H3. The lowest BCUT2D eigenvalue weighted by Crippen LogP contribution is -2.19. The number of hydrogen-bond donors (Lipinski definition) is 1. The quantitative estimate of drug-likeness (QED) is 0.814. The van der Waals surface area contributed by atoms with Crippen LogP contribution in [-0.2, 0) is 9.84 Å². The van der Waals surface area contributed by atoms with Gasteiger partial charge in [-0.3, -0.25) is 0 Å². The van der Waals surface area contributed by atoms with Gasteiger partial charge < -0.3 is 14.8 Å². The summed E-state index contributed by atoms with van der Waals surface area (Å²) in [6.07, 6.45) is 0. The van der Waals surface area contributed by atoms with Gasteiger partial charge in [-0.25, -0.2) is 8.42 Å². The number of hydrogen-bond acceptors (Lipinski definition) is 5. The maximum absolute atomic E-state index is 12.0. The molecule has 0 saturated carbocycles. The third-order valence-electron chi connectivity index (χ3n) is 2.33. The highest BCUT2D eigenvalue weighted by molar-refractivity contribution is 7.91. The molecule has 0 aromatic heterocycles. The molecule has 0 spiro atoms. The SMILES string of the molecule is CNCCS(=O)(=O)c1ccc(OC)cc1OC. The lowest BCUT2D eigenvalue weighted by molar-refractivity contribution is 0.386. The molecule has 1 aromatic rings. The molecule has 6 heteroatoms. The maximum atomic E-state index is 12.0. The zero-order chi connectivity index (χ0) is 12.9. The highest BCUT2D eigenvalue weighted by Crippen LogP contribution is 2.28. The molecular weight excluding hydrogens is 242 g/mol. The van der Waals surface area contributed by atoms with Gasteiger partial charge in [0.25, 0.3) is 0 Å². The van der Waals surface area contributed by atoms with Crippen molar-refractivity contribution in [1.29, 1.82) is 0 Å². The second kappa shape index (κ2) is 5.88. The second-order valence-electron chi connectivity index (χ2n) is 3.44. The molecule has 0 aliphatic heterocycles. The maximum Gasteiger partial charge on any atom is 0.183 e. The summed E-state index contributed by atoms with van der Waals surface area (Å²) < 4.78 is 34.1. The van der Waals surface area contributed by atoms with E-state index in [0.717, 1.165) is 0 Å². The van der Waals surface area contributed by atoms with Crippen LogP contribution in [0.4, 0.5) is 0 Å². The van der Waals surface area contributed by atoms with E-state index in [0.29, 0.717) is 18.0 Å². The van der Waals surface area contributed by atoms with Crippen LogP contribution in [0.3, 0.4) is 0 Å². The van der Waals surface area contributed by atoms with Crippen LogP contribution in [0.1, 0.15) is 0 Å². The molecule has 5 nitrogen and oxygen atoms in total. The Kier molecular flexibility index (Phi) is 4.77. The minimum absolute atomic E-state index is 0.0339. The van der Waals surface area contributed by atoms with Gasteiger partial charge in [0, 0.05) is 12.6 Å². The lowest BCUT2D eigenvalue weighted by Gasteiger charge is -2.10. The van der Waals surface area contributed by atoms with Gasteiger partial charge in [-0.05, 0) is 19.2 Å². The van der Waals surface area contributed by atoms with E-state index in [9.17, 15) is 8.42 Å². The molecule has 0 atom stereocenters. The zero-order valence-electron chi connectivity index (χ0n) is 10.2. The van der Waals surface area contributed by atoms with Gasteiger partial charge >= 0.3 is 0 Å². The largest absolute Gasteiger partial charge is 0.497 e. The van der Waals surface area contributed by atoms with E-state index < -0.39 is 9.84 Å². The molecule has 0 saturated heterocycles. The predicted molar refractivity (Wildman–Crippen MR) is 65.5 cm³/mol. The predicted octanol–water partition coefficient (Wildman–Crippen LogP) is 0.697. The summed E-state index contributed by atoms with van der Waals surface area (Å²) in [7, 11) is 1.33. The van der Waals surface area contributed by atoms with Crippen molar-refractivity contribution in [3.63, 3.8) is 0 Å². The fourth-order valence-corrected chi connectivity index (χ4v) is 2.80. The van der Waals surface area contributed by atoms with Crippen LogP contribution in [0.5, 0.6) is 11.5 Å². The number of benzene rings is 1. The number of sulfone groups is 1. The molecule has 96 valence electrons. The first-order valence-corrected chi connectivity index (χ1v) is 6.79. The molecule has 17 heavy (non-hydrogen) atoms. The highest BCUT2D eigenvalue weighted by atomic mass is 32.2. The summed E-state index contributed by atoms with van der Waals surface area (Å²) >= 11 is 0. The molecule has 0 fully saturated rings. The summed E-state index contributed by atoms with van der Waals surface area (Å²) in [5.74, 6) is 0.904. The van der Waals surface area contributed by atoms with Crippen LogP contribution in [0.2, 0.25) is 0 Å². The second-order valence-corrected chi connectivity index (χ2v) is 5.52. The van der Waals surface area contributed by atoms with Crippen LogP contribution < -0.4 is 14.8 Å². The Morgan fingerprint density at radius 1 is 1.24 bits per heavy atom. The van der Waals surface area contributed by atoms with Gasteiger partial charge in [0.05, 0.1) is 20.0 Å². The van der Waals surface area contributed by atoms with E-state index in [1.54, 1.807) is 19.2 Å². The first-order valence-electron chi connectivity index (χ1n) is 5.14. The Labute approximate surface area is 102 Å². The average molecular weight is 259 g/mol. The molecule has 0 heterocycles. The van der Waals surface area contributed by atoms with Gasteiger partial charge in [0.1, 0.15) is 16.4 Å². The van der Waals surface area contributed by atoms with E-state index in [-0.39, 0.29) is 10.6 Å². The van der Waals surface area contributed by atoms with Crippen molar-refractivity contribution in [2.24, 2.45) is 0 Å². The van der Waals surface area contributed by atoms with Gasteiger partial charge in [-0.2, -0.15) is 0 Å². The zero-order valence-corrected chi connectivity index (χ0v) is 11.0. The molecule has 1 aromatic carbocycles. The molecule has 0 unspecified atom stereocenters. The van der Waals surface area contributed by atoms with Gasteiger partial charge in [0.2, 0.25) is 0 Å². The topological polar surface area (TPSA) is 64.6 Å². The molecule has 1 rings (SSSR count). The molecule has 1 N–H and O–H groups in total. The fraction of sp³-hybridized carbons (Fsp3) is 0.455. The van der Waals surface area contributed by atoms with Crippen LogP contribution in [0.15, 0.2) is 23.1 Å². The first-order chi connectivity index (χ1) is 8.05. The Bertz CT molecular complexity index is 470. The normalized spacial score (nSPS) is 11.2. The van der Waals surface area contributed by atoms with Crippen molar-refractivity contribution in [2.75, 3.05) is 33.6 Å². The fourth-order valence-electron chi connectivity index (χ4n) is 1.38. The van der Waals surface area contributed by atoms with Crippen LogP contribution in [0, 0.1) is 0 Å². The number of nitrogens with one attached hydrogen (secondary N) is 1. The minimum Gasteiger partial charge on any atom is -0.497 e. The summed E-state index contributed by atoms with van der Waals surface area (Å²) in [4.78, 5) is 0.191. The third kappa shape index (κ3) is 3.34. The summed E-state index contributed by atoms with van der Waals surface area (Å²) in [5, 5.41) is 2.81. The van der Waals surface area contributed by atoms with Gasteiger partial charge in [-0.1, -0.05) is 0 Å². The monoisotopic (exact) mass is 259 g/mol. The first kappa shape index (κ1) is 13.8. The van der Waals surface area contributed by atoms with Crippen molar-refractivity contribution in [1.82, 2.24) is 5.32 Å².